The molecule has 1 aromatic heterocycles. The van der Waals surface area contributed by atoms with Crippen LogP contribution in [0.2, 0.25) is 0 Å². The second-order valence-corrected chi connectivity index (χ2v) is 8.67. The van der Waals surface area contributed by atoms with Crippen molar-refractivity contribution in [2.75, 3.05) is 5.32 Å². The van der Waals surface area contributed by atoms with Crippen LogP contribution in [-0.4, -0.2) is 15.7 Å². The van der Waals surface area contributed by atoms with E-state index in [2.05, 4.69) is 48.6 Å². The fraction of sp³-hybridized carbons (Fsp3) is 0.429. The molecule has 0 fully saturated rings. The molecule has 0 spiro atoms. The summed E-state index contributed by atoms with van der Waals surface area (Å²) in [5.41, 5.74) is 2.42. The number of rotatable bonds is 6. The molecule has 1 aliphatic heterocycles. The van der Waals surface area contributed by atoms with Crippen LogP contribution in [0.4, 0.5) is 10.2 Å². The van der Waals surface area contributed by atoms with Gasteiger partial charge in [0.25, 0.3) is 5.91 Å². The molecule has 2 N–H and O–H groups in total. The summed E-state index contributed by atoms with van der Waals surface area (Å²) in [4.78, 5) is 13.6. The summed E-state index contributed by atoms with van der Waals surface area (Å²) in [7, 11) is 0. The first-order chi connectivity index (χ1) is 16.4. The van der Waals surface area contributed by atoms with E-state index in [-0.39, 0.29) is 23.8 Å². The second-order valence-electron chi connectivity index (χ2n) is 8.67. The summed E-state index contributed by atoms with van der Waals surface area (Å²) in [6.07, 6.45) is 2.22. The van der Waals surface area contributed by atoms with Crippen molar-refractivity contribution in [3.05, 3.63) is 82.8 Å². The van der Waals surface area contributed by atoms with Crippen LogP contribution in [0.3, 0.4) is 0 Å². The maximum Gasteiger partial charge on any atom is 0.257 e. The molecule has 5 nitrogen and oxygen atoms in total. The molecule has 2 aromatic carbocycles. The van der Waals surface area contributed by atoms with E-state index in [1.54, 1.807) is 12.1 Å². The summed E-state index contributed by atoms with van der Waals surface area (Å²) in [5.74, 6) is 0.249. The van der Waals surface area contributed by atoms with Crippen molar-refractivity contribution in [1.82, 2.24) is 15.1 Å². The predicted octanol–water partition coefficient (Wildman–Crippen LogP) is 6.92. The number of carbonyl (C=O) groups is 1. The predicted molar refractivity (Wildman–Crippen MR) is 137 cm³/mol. The number of aryl methyl sites for hydroxylation is 1. The second kappa shape index (κ2) is 10.9. The zero-order valence-electron chi connectivity index (χ0n) is 21.2. The maximum atomic E-state index is 14.5. The van der Waals surface area contributed by atoms with E-state index in [4.69, 9.17) is 0 Å². The first kappa shape index (κ1) is 25.5. The van der Waals surface area contributed by atoms with E-state index in [1.807, 2.05) is 49.7 Å². The van der Waals surface area contributed by atoms with Gasteiger partial charge in [-0.15, -0.1) is 0 Å². The molecule has 0 radical (unpaired) electrons. The molecule has 3 aromatic rings. The number of benzene rings is 2. The molecule has 4 rings (SSSR count). The van der Waals surface area contributed by atoms with E-state index in [9.17, 15) is 9.18 Å². The normalized spacial score (nSPS) is 17.1. The summed E-state index contributed by atoms with van der Waals surface area (Å²) < 4.78 is 16.4. The van der Waals surface area contributed by atoms with Crippen LogP contribution >= 0.6 is 0 Å². The van der Waals surface area contributed by atoms with Crippen molar-refractivity contribution in [3.63, 3.8) is 0 Å². The number of carbonyl (C=O) groups excluding carboxylic acids is 1. The zero-order valence-corrected chi connectivity index (χ0v) is 21.2. The molecule has 6 heteroatoms. The molecule has 0 saturated heterocycles. The van der Waals surface area contributed by atoms with Crippen LogP contribution in [0.5, 0.6) is 0 Å². The van der Waals surface area contributed by atoms with Crippen molar-refractivity contribution in [2.24, 2.45) is 0 Å². The summed E-state index contributed by atoms with van der Waals surface area (Å²) in [6, 6.07) is 16.7. The molecule has 182 valence electrons. The van der Waals surface area contributed by atoms with Crippen LogP contribution in [0.1, 0.15) is 93.1 Å². The zero-order chi connectivity index (χ0) is 24.9. The Morgan fingerprint density at radius 2 is 1.74 bits per heavy atom. The van der Waals surface area contributed by atoms with Gasteiger partial charge in [0.1, 0.15) is 17.2 Å². The number of aromatic nitrogens is 2. The fourth-order valence-electron chi connectivity index (χ4n) is 4.85. The highest BCUT2D eigenvalue weighted by Crippen LogP contribution is 2.39. The minimum Gasteiger partial charge on any atom is -0.363 e. The van der Waals surface area contributed by atoms with Crippen LogP contribution in [0.25, 0.3) is 0 Å². The average molecular weight is 465 g/mol. The quantitative estimate of drug-likeness (QED) is 0.416. The van der Waals surface area contributed by atoms with Crippen LogP contribution < -0.4 is 10.6 Å². The number of hydrogen-bond acceptors (Lipinski definition) is 3. The van der Waals surface area contributed by atoms with Gasteiger partial charge in [-0.2, -0.15) is 5.10 Å². The Morgan fingerprint density at radius 1 is 1.12 bits per heavy atom. The van der Waals surface area contributed by atoms with Gasteiger partial charge >= 0.3 is 0 Å². The minimum atomic E-state index is -0.467. The van der Waals surface area contributed by atoms with E-state index >= 15 is 0 Å². The van der Waals surface area contributed by atoms with Crippen molar-refractivity contribution >= 4 is 11.7 Å². The van der Waals surface area contributed by atoms with Crippen molar-refractivity contribution in [1.29, 1.82) is 0 Å². The van der Waals surface area contributed by atoms with Gasteiger partial charge in [-0.05, 0) is 44.7 Å². The van der Waals surface area contributed by atoms with Gasteiger partial charge in [0, 0.05) is 5.56 Å². The number of nitrogens with one attached hydrogen (secondary N) is 2. The molecule has 2 heterocycles. The number of amides is 1. The molecule has 1 aliphatic rings. The van der Waals surface area contributed by atoms with Gasteiger partial charge in [-0.25, -0.2) is 9.07 Å². The molecular weight excluding hydrogens is 427 g/mol. The van der Waals surface area contributed by atoms with Crippen LogP contribution in [0, 0.1) is 12.7 Å². The Balaban J connectivity index is 0.00000158. The Morgan fingerprint density at radius 3 is 2.35 bits per heavy atom. The molecule has 0 aliphatic carbocycles. The lowest BCUT2D eigenvalue weighted by molar-refractivity contribution is 0.0889. The van der Waals surface area contributed by atoms with E-state index in [0.717, 1.165) is 18.4 Å². The Labute approximate surface area is 202 Å². The topological polar surface area (TPSA) is 59.0 Å². The van der Waals surface area contributed by atoms with Crippen LogP contribution in [-0.2, 0) is 5.54 Å². The first-order valence-corrected chi connectivity index (χ1v) is 12.4. The summed E-state index contributed by atoms with van der Waals surface area (Å²) in [5, 5.41) is 11.4. The number of nitrogens with zero attached hydrogens (tertiary/aromatic N) is 2. The van der Waals surface area contributed by atoms with Gasteiger partial charge in [0.2, 0.25) is 0 Å². The smallest absolute Gasteiger partial charge is 0.257 e. The number of anilines is 1. The lowest BCUT2D eigenvalue weighted by Crippen LogP contribution is -2.45. The molecule has 1 amide bonds. The van der Waals surface area contributed by atoms with E-state index in [0.29, 0.717) is 29.1 Å². The lowest BCUT2D eigenvalue weighted by atomic mass is 9.84. The van der Waals surface area contributed by atoms with Crippen molar-refractivity contribution in [2.45, 2.75) is 78.4 Å². The third-order valence-electron chi connectivity index (χ3n) is 6.78. The highest BCUT2D eigenvalue weighted by Gasteiger charge is 2.36. The number of fused-ring (bicyclic) bond motifs is 1. The average Bonchev–Trinajstić information content (AvgIpc) is 3.21. The molecule has 2 atom stereocenters. The Bertz CT molecular complexity index is 1100. The lowest BCUT2D eigenvalue weighted by Gasteiger charge is -2.34. The summed E-state index contributed by atoms with van der Waals surface area (Å²) in [6.45, 7) is 12.1. The SMILES string of the molecule is CC.CCC(CC)(NC(=O)c1c(C)nn2c1NC(c1ccccc1F)CC2C)c1ccccc1. The standard InChI is InChI=1S/C26H31FN4O.C2H6/c1-5-26(6-2,19-12-8-7-9-13-19)29-25(32)23-18(4)30-31-17(3)16-22(28-24(23)31)20-14-10-11-15-21(20)27;1-2/h7-15,17,22,28H,5-6,16H2,1-4H3,(H,29,32);1-2H3. The van der Waals surface area contributed by atoms with Gasteiger partial charge in [0.15, 0.2) is 0 Å². The van der Waals surface area contributed by atoms with E-state index < -0.39 is 5.54 Å². The number of halogens is 1. The third kappa shape index (κ3) is 4.72. The summed E-state index contributed by atoms with van der Waals surface area (Å²) >= 11 is 0. The highest BCUT2D eigenvalue weighted by atomic mass is 19.1. The molecule has 34 heavy (non-hydrogen) atoms. The Kier molecular flexibility index (Phi) is 8.13. The van der Waals surface area contributed by atoms with Gasteiger partial charge in [0.05, 0.1) is 23.3 Å². The Hall–Kier alpha value is -3.15. The van der Waals surface area contributed by atoms with Gasteiger partial charge < -0.3 is 10.6 Å². The maximum absolute atomic E-state index is 14.5. The molecule has 2 unspecified atom stereocenters. The third-order valence-corrected chi connectivity index (χ3v) is 6.78. The molecule has 0 bridgehead atoms. The fourth-order valence-corrected chi connectivity index (χ4v) is 4.85. The van der Waals surface area contributed by atoms with Gasteiger partial charge in [-0.1, -0.05) is 76.2 Å². The van der Waals surface area contributed by atoms with E-state index in [1.165, 1.54) is 6.07 Å². The van der Waals surface area contributed by atoms with Crippen molar-refractivity contribution < 1.29 is 9.18 Å². The minimum absolute atomic E-state index is 0.0346. The van der Waals surface area contributed by atoms with Crippen LogP contribution in [0.15, 0.2) is 54.6 Å². The monoisotopic (exact) mass is 464 g/mol. The first-order valence-electron chi connectivity index (χ1n) is 12.4. The number of hydrogen-bond donors (Lipinski definition) is 2. The largest absolute Gasteiger partial charge is 0.363 e. The molecular formula is C28H37FN4O. The molecule has 0 saturated carbocycles. The highest BCUT2D eigenvalue weighted by molar-refractivity contribution is 6.00. The van der Waals surface area contributed by atoms with Gasteiger partial charge in [-0.3, -0.25) is 4.79 Å². The van der Waals surface area contributed by atoms with Crippen molar-refractivity contribution in [3.8, 4) is 0 Å².